The van der Waals surface area contributed by atoms with E-state index in [4.69, 9.17) is 0 Å². The second kappa shape index (κ2) is 5.87. The average molecular weight is 279 g/mol. The van der Waals surface area contributed by atoms with Crippen LogP contribution in [0.25, 0.3) is 0 Å². The number of nitro benzene ring substituents is 1. The minimum Gasteiger partial charge on any atom is -0.478 e. The molecule has 20 heavy (non-hydrogen) atoms. The molecule has 1 aromatic carbocycles. The number of hydrogen-bond acceptors (Lipinski definition) is 5. The van der Waals surface area contributed by atoms with Crippen molar-refractivity contribution in [3.63, 3.8) is 0 Å². The maximum Gasteiger partial charge on any atom is 0.338 e. The minimum atomic E-state index is -1.14. The molecule has 1 fully saturated rings. The molecule has 1 N–H and O–H groups in total. The van der Waals surface area contributed by atoms with Crippen molar-refractivity contribution in [1.82, 2.24) is 4.90 Å². The maximum atomic E-state index is 11.3. The number of nitro groups is 1. The number of aromatic carboxylic acids is 1. The predicted octanol–water partition coefficient (Wildman–Crippen LogP) is 1.43. The highest BCUT2D eigenvalue weighted by molar-refractivity contribution is 5.97. The van der Waals surface area contributed by atoms with Gasteiger partial charge in [0.05, 0.1) is 10.5 Å². The van der Waals surface area contributed by atoms with Crippen molar-refractivity contribution in [2.45, 2.75) is 6.92 Å². The largest absolute Gasteiger partial charge is 0.478 e. The Morgan fingerprint density at radius 2 is 2.00 bits per heavy atom. The molecule has 2 rings (SSSR count). The van der Waals surface area contributed by atoms with Crippen molar-refractivity contribution in [1.29, 1.82) is 0 Å². The van der Waals surface area contributed by atoms with Crippen LogP contribution in [-0.4, -0.2) is 53.6 Å². The lowest BCUT2D eigenvalue weighted by Gasteiger charge is -2.35. The van der Waals surface area contributed by atoms with Crippen molar-refractivity contribution in [2.24, 2.45) is 0 Å². The van der Waals surface area contributed by atoms with E-state index in [0.717, 1.165) is 19.6 Å². The zero-order chi connectivity index (χ0) is 14.7. The van der Waals surface area contributed by atoms with Crippen LogP contribution in [0, 0.1) is 10.1 Å². The molecular weight excluding hydrogens is 262 g/mol. The topological polar surface area (TPSA) is 86.9 Å². The van der Waals surface area contributed by atoms with Gasteiger partial charge in [-0.3, -0.25) is 10.1 Å². The molecule has 1 saturated heterocycles. The van der Waals surface area contributed by atoms with Crippen molar-refractivity contribution >= 4 is 17.3 Å². The summed E-state index contributed by atoms with van der Waals surface area (Å²) in [5.74, 6) is -1.14. The van der Waals surface area contributed by atoms with Crippen molar-refractivity contribution in [3.8, 4) is 0 Å². The van der Waals surface area contributed by atoms with Crippen LogP contribution >= 0.6 is 0 Å². The van der Waals surface area contributed by atoms with Crippen LogP contribution < -0.4 is 4.90 Å². The molecule has 0 atom stereocenters. The van der Waals surface area contributed by atoms with E-state index in [0.29, 0.717) is 13.1 Å². The van der Waals surface area contributed by atoms with E-state index < -0.39 is 10.9 Å². The Morgan fingerprint density at radius 3 is 2.50 bits per heavy atom. The first-order valence-electron chi connectivity index (χ1n) is 6.52. The van der Waals surface area contributed by atoms with Gasteiger partial charge in [-0.2, -0.15) is 0 Å². The number of likely N-dealkylation sites (N-methyl/N-ethyl adjacent to an activating group) is 1. The molecule has 0 radical (unpaired) electrons. The molecule has 1 aromatic rings. The number of rotatable bonds is 4. The van der Waals surface area contributed by atoms with Gasteiger partial charge < -0.3 is 14.9 Å². The molecule has 0 bridgehead atoms. The normalized spacial score (nSPS) is 16.1. The summed E-state index contributed by atoms with van der Waals surface area (Å²) in [6, 6.07) is 4.18. The molecule has 108 valence electrons. The first-order valence-corrected chi connectivity index (χ1v) is 6.52. The number of carboxylic acid groups (broad SMARTS) is 1. The number of anilines is 1. The fraction of sp³-hybridized carbons (Fsp3) is 0.462. The fourth-order valence-corrected chi connectivity index (χ4v) is 2.47. The summed E-state index contributed by atoms with van der Waals surface area (Å²) in [6.07, 6.45) is 0. The second-order valence-electron chi connectivity index (χ2n) is 4.66. The van der Waals surface area contributed by atoms with Gasteiger partial charge in [-0.05, 0) is 12.6 Å². The summed E-state index contributed by atoms with van der Waals surface area (Å²) in [5.41, 5.74) is 0.0692. The summed E-state index contributed by atoms with van der Waals surface area (Å²) < 4.78 is 0. The summed E-state index contributed by atoms with van der Waals surface area (Å²) in [5, 5.41) is 20.4. The van der Waals surface area contributed by atoms with Crippen LogP contribution in [-0.2, 0) is 0 Å². The highest BCUT2D eigenvalue weighted by Crippen LogP contribution is 2.32. The van der Waals surface area contributed by atoms with E-state index in [9.17, 15) is 20.0 Å². The first kappa shape index (κ1) is 14.3. The molecule has 0 amide bonds. The van der Waals surface area contributed by atoms with Gasteiger partial charge >= 0.3 is 5.97 Å². The number of piperazine rings is 1. The van der Waals surface area contributed by atoms with Gasteiger partial charge in [0.25, 0.3) is 5.69 Å². The van der Waals surface area contributed by atoms with Crippen LogP contribution in [0.2, 0.25) is 0 Å². The number of benzene rings is 1. The maximum absolute atomic E-state index is 11.3. The van der Waals surface area contributed by atoms with Gasteiger partial charge in [-0.1, -0.05) is 13.0 Å². The quantitative estimate of drug-likeness (QED) is 0.662. The Hall–Kier alpha value is -2.15. The highest BCUT2D eigenvalue weighted by atomic mass is 16.6. The Morgan fingerprint density at radius 1 is 1.35 bits per heavy atom. The molecule has 1 heterocycles. The fourth-order valence-electron chi connectivity index (χ4n) is 2.47. The van der Waals surface area contributed by atoms with Gasteiger partial charge in [0.2, 0.25) is 0 Å². The van der Waals surface area contributed by atoms with Crippen LogP contribution in [0.15, 0.2) is 18.2 Å². The molecule has 1 aliphatic heterocycles. The lowest BCUT2D eigenvalue weighted by molar-refractivity contribution is -0.384. The molecular formula is C13H17N3O4. The van der Waals surface area contributed by atoms with E-state index in [1.54, 1.807) is 4.90 Å². The van der Waals surface area contributed by atoms with E-state index in [2.05, 4.69) is 11.8 Å². The van der Waals surface area contributed by atoms with Crippen LogP contribution in [0.3, 0.4) is 0 Å². The molecule has 7 heteroatoms. The summed E-state index contributed by atoms with van der Waals surface area (Å²) >= 11 is 0. The highest BCUT2D eigenvalue weighted by Gasteiger charge is 2.28. The lowest BCUT2D eigenvalue weighted by atomic mass is 10.1. The third-order valence-electron chi connectivity index (χ3n) is 3.58. The van der Waals surface area contributed by atoms with Crippen LogP contribution in [0.1, 0.15) is 17.3 Å². The zero-order valence-electron chi connectivity index (χ0n) is 11.3. The molecule has 0 saturated carbocycles. The van der Waals surface area contributed by atoms with E-state index in [1.165, 1.54) is 18.2 Å². The SMILES string of the molecule is CCN1CCN(c2c(C(=O)O)cccc2[N+](=O)[O-])CC1. The van der Waals surface area contributed by atoms with Crippen LogP contribution in [0.4, 0.5) is 11.4 Å². The number of para-hydroxylation sites is 1. The molecule has 0 aliphatic carbocycles. The molecule has 1 aliphatic rings. The Kier molecular flexibility index (Phi) is 4.19. The molecule has 0 aromatic heterocycles. The van der Waals surface area contributed by atoms with Gasteiger partial charge in [-0.25, -0.2) is 4.79 Å². The van der Waals surface area contributed by atoms with Crippen LogP contribution in [0.5, 0.6) is 0 Å². The first-order chi connectivity index (χ1) is 9.54. The lowest BCUT2D eigenvalue weighted by Crippen LogP contribution is -2.46. The second-order valence-corrected chi connectivity index (χ2v) is 4.66. The molecule has 0 spiro atoms. The Balaban J connectivity index is 2.38. The summed E-state index contributed by atoms with van der Waals surface area (Å²) in [6.45, 7) is 5.74. The summed E-state index contributed by atoms with van der Waals surface area (Å²) in [7, 11) is 0. The van der Waals surface area contributed by atoms with Crippen molar-refractivity contribution in [3.05, 3.63) is 33.9 Å². The van der Waals surface area contributed by atoms with E-state index in [-0.39, 0.29) is 16.9 Å². The Bertz CT molecular complexity index is 492. The van der Waals surface area contributed by atoms with Crippen molar-refractivity contribution in [2.75, 3.05) is 37.6 Å². The zero-order valence-corrected chi connectivity index (χ0v) is 11.3. The number of nitrogens with zero attached hydrogens (tertiary/aromatic N) is 3. The predicted molar refractivity (Wildman–Crippen MR) is 74.4 cm³/mol. The van der Waals surface area contributed by atoms with Crippen molar-refractivity contribution < 1.29 is 14.8 Å². The standard InChI is InChI=1S/C13H17N3O4/c1-2-14-6-8-15(9-7-14)12-10(13(17)18)4-3-5-11(12)16(19)20/h3-5H,2,6-9H2,1H3,(H,17,18). The van der Waals surface area contributed by atoms with E-state index in [1.807, 2.05) is 0 Å². The number of carbonyl (C=O) groups is 1. The van der Waals surface area contributed by atoms with Gasteiger partial charge in [-0.15, -0.1) is 0 Å². The number of hydrogen-bond donors (Lipinski definition) is 1. The monoisotopic (exact) mass is 279 g/mol. The Labute approximate surface area is 116 Å². The van der Waals surface area contributed by atoms with Gasteiger partial charge in [0.1, 0.15) is 5.69 Å². The van der Waals surface area contributed by atoms with Gasteiger partial charge in [0, 0.05) is 32.2 Å². The van der Waals surface area contributed by atoms with Gasteiger partial charge in [0.15, 0.2) is 0 Å². The number of carboxylic acids is 1. The minimum absolute atomic E-state index is 0.0100. The third-order valence-corrected chi connectivity index (χ3v) is 3.58. The molecule has 7 nitrogen and oxygen atoms in total. The van der Waals surface area contributed by atoms with E-state index >= 15 is 0 Å². The molecule has 0 unspecified atom stereocenters. The smallest absolute Gasteiger partial charge is 0.338 e. The average Bonchev–Trinajstić information content (AvgIpc) is 2.46. The summed E-state index contributed by atoms with van der Waals surface area (Å²) in [4.78, 5) is 25.9. The third kappa shape index (κ3) is 2.72.